The van der Waals surface area contributed by atoms with Crippen molar-refractivity contribution >= 4 is 23.6 Å². The van der Waals surface area contributed by atoms with Gasteiger partial charge < -0.3 is 14.2 Å². The number of likely N-dealkylation sites (tertiary alicyclic amines) is 1. The van der Waals surface area contributed by atoms with Crippen molar-refractivity contribution in [1.29, 1.82) is 0 Å². The molecule has 2 fully saturated rings. The molecule has 6 heteroatoms. The Bertz CT molecular complexity index is 548. The van der Waals surface area contributed by atoms with Crippen molar-refractivity contribution < 1.29 is 14.0 Å². The van der Waals surface area contributed by atoms with E-state index in [0.717, 1.165) is 25.1 Å². The van der Waals surface area contributed by atoms with Crippen molar-refractivity contribution in [2.75, 3.05) is 25.4 Å². The largest absolute Gasteiger partial charge is 0.459 e. The van der Waals surface area contributed by atoms with Crippen LogP contribution in [0.3, 0.4) is 0 Å². The molecule has 0 aromatic carbocycles. The number of carbonyl (C=O) groups is 2. The van der Waals surface area contributed by atoms with Gasteiger partial charge in [-0.1, -0.05) is 13.8 Å². The zero-order valence-corrected chi connectivity index (χ0v) is 13.9. The van der Waals surface area contributed by atoms with E-state index in [1.807, 2.05) is 30.5 Å². The van der Waals surface area contributed by atoms with Gasteiger partial charge in [0.15, 0.2) is 5.76 Å². The summed E-state index contributed by atoms with van der Waals surface area (Å²) in [6.45, 7) is 6.08. The van der Waals surface area contributed by atoms with Crippen LogP contribution < -0.4 is 0 Å². The van der Waals surface area contributed by atoms with Crippen LogP contribution in [0.15, 0.2) is 22.8 Å². The Kier molecular flexibility index (Phi) is 4.21. The number of hydrogen-bond donors (Lipinski definition) is 0. The second-order valence-electron chi connectivity index (χ2n) is 6.21. The summed E-state index contributed by atoms with van der Waals surface area (Å²) in [5.41, 5.74) is 0. The molecular formula is C16H22N2O3S. The fraction of sp³-hybridized carbons (Fsp3) is 0.625. The van der Waals surface area contributed by atoms with E-state index in [4.69, 9.17) is 4.42 Å². The third-order valence-corrected chi connectivity index (χ3v) is 6.05. The Labute approximate surface area is 135 Å². The van der Waals surface area contributed by atoms with Crippen LogP contribution in [0.5, 0.6) is 0 Å². The van der Waals surface area contributed by atoms with Crippen LogP contribution in [-0.2, 0) is 4.79 Å². The van der Waals surface area contributed by atoms with Gasteiger partial charge in [0.05, 0.1) is 11.1 Å². The van der Waals surface area contributed by atoms with E-state index in [1.165, 1.54) is 6.26 Å². The summed E-state index contributed by atoms with van der Waals surface area (Å²) in [6.07, 6.45) is 3.19. The zero-order valence-electron chi connectivity index (χ0n) is 13.1. The fourth-order valence-corrected chi connectivity index (χ4v) is 4.72. The van der Waals surface area contributed by atoms with Crippen molar-refractivity contribution in [3.05, 3.63) is 24.2 Å². The highest BCUT2D eigenvalue weighted by atomic mass is 32.2. The lowest BCUT2D eigenvalue weighted by Crippen LogP contribution is -2.54. The van der Waals surface area contributed by atoms with Gasteiger partial charge in [-0.15, -0.1) is 11.8 Å². The summed E-state index contributed by atoms with van der Waals surface area (Å²) in [6, 6.07) is 3.43. The molecule has 1 spiro atoms. The van der Waals surface area contributed by atoms with Gasteiger partial charge in [-0.2, -0.15) is 0 Å². The standard InChI is InChI=1S/C16H22N2O3S/c1-12(2)14(19)18-9-11-22-16(18)5-7-17(8-6-16)15(20)13-4-3-10-21-13/h3-4,10,12H,5-9,11H2,1-2H3. The van der Waals surface area contributed by atoms with E-state index >= 15 is 0 Å². The average molecular weight is 322 g/mol. The van der Waals surface area contributed by atoms with E-state index < -0.39 is 0 Å². The minimum absolute atomic E-state index is 0.0263. The molecule has 0 bridgehead atoms. The molecule has 0 aliphatic carbocycles. The van der Waals surface area contributed by atoms with Gasteiger partial charge >= 0.3 is 0 Å². The molecule has 0 saturated carbocycles. The van der Waals surface area contributed by atoms with Crippen LogP contribution in [-0.4, -0.2) is 51.9 Å². The first kappa shape index (κ1) is 15.5. The van der Waals surface area contributed by atoms with E-state index in [9.17, 15) is 9.59 Å². The van der Waals surface area contributed by atoms with Crippen LogP contribution in [0.25, 0.3) is 0 Å². The van der Waals surface area contributed by atoms with Crippen molar-refractivity contribution in [2.45, 2.75) is 31.6 Å². The van der Waals surface area contributed by atoms with E-state index in [2.05, 4.69) is 4.90 Å². The van der Waals surface area contributed by atoms with E-state index in [-0.39, 0.29) is 22.6 Å². The molecular weight excluding hydrogens is 300 g/mol. The highest BCUT2D eigenvalue weighted by molar-refractivity contribution is 8.00. The third kappa shape index (κ3) is 2.64. The molecule has 2 amide bonds. The predicted octanol–water partition coefficient (Wildman–Crippen LogP) is 2.44. The summed E-state index contributed by atoms with van der Waals surface area (Å²) in [5.74, 6) is 1.59. The molecule has 2 aliphatic rings. The molecule has 120 valence electrons. The van der Waals surface area contributed by atoms with Gasteiger partial charge in [-0.25, -0.2) is 0 Å². The Balaban J connectivity index is 1.68. The molecule has 0 atom stereocenters. The SMILES string of the molecule is CC(C)C(=O)N1CCSC12CCN(C(=O)c1ccco1)CC2. The normalized spacial score (nSPS) is 20.9. The lowest BCUT2D eigenvalue weighted by atomic mass is 10.00. The first-order valence-electron chi connectivity index (χ1n) is 7.82. The number of hydrogen-bond acceptors (Lipinski definition) is 4. The molecule has 1 aromatic rings. The molecule has 0 radical (unpaired) electrons. The highest BCUT2D eigenvalue weighted by Gasteiger charge is 2.47. The minimum atomic E-state index is -0.110. The van der Waals surface area contributed by atoms with Gasteiger partial charge in [0.25, 0.3) is 5.91 Å². The van der Waals surface area contributed by atoms with Crippen LogP contribution >= 0.6 is 11.8 Å². The van der Waals surface area contributed by atoms with Crippen LogP contribution in [0.2, 0.25) is 0 Å². The molecule has 2 aliphatic heterocycles. The summed E-state index contributed by atoms with van der Waals surface area (Å²) >= 11 is 1.87. The number of amides is 2. The number of rotatable bonds is 2. The fourth-order valence-electron chi connectivity index (χ4n) is 3.26. The Morgan fingerprint density at radius 2 is 2.00 bits per heavy atom. The van der Waals surface area contributed by atoms with Crippen LogP contribution in [0.1, 0.15) is 37.2 Å². The Hall–Kier alpha value is -1.43. The Morgan fingerprint density at radius 1 is 1.27 bits per heavy atom. The lowest BCUT2D eigenvalue weighted by Gasteiger charge is -2.44. The smallest absolute Gasteiger partial charge is 0.289 e. The topological polar surface area (TPSA) is 53.8 Å². The maximum absolute atomic E-state index is 12.4. The summed E-state index contributed by atoms with van der Waals surface area (Å²) in [5, 5.41) is 0. The second-order valence-corrected chi connectivity index (χ2v) is 7.67. The summed E-state index contributed by atoms with van der Waals surface area (Å²) in [7, 11) is 0. The first-order valence-corrected chi connectivity index (χ1v) is 8.80. The minimum Gasteiger partial charge on any atom is -0.459 e. The first-order chi connectivity index (χ1) is 10.5. The van der Waals surface area contributed by atoms with Gasteiger partial charge in [-0.3, -0.25) is 9.59 Å². The molecule has 5 nitrogen and oxygen atoms in total. The van der Waals surface area contributed by atoms with Crippen molar-refractivity contribution in [3.8, 4) is 0 Å². The van der Waals surface area contributed by atoms with Crippen molar-refractivity contribution in [2.24, 2.45) is 5.92 Å². The summed E-state index contributed by atoms with van der Waals surface area (Å²) in [4.78, 5) is 28.5. The Morgan fingerprint density at radius 3 is 2.59 bits per heavy atom. The van der Waals surface area contributed by atoms with Crippen molar-refractivity contribution in [3.63, 3.8) is 0 Å². The lowest BCUT2D eigenvalue weighted by molar-refractivity contribution is -0.138. The number of thioether (sulfide) groups is 1. The second kappa shape index (κ2) is 5.99. The maximum atomic E-state index is 12.4. The van der Waals surface area contributed by atoms with E-state index in [0.29, 0.717) is 18.8 Å². The number of carbonyl (C=O) groups excluding carboxylic acids is 2. The summed E-state index contributed by atoms with van der Waals surface area (Å²) < 4.78 is 5.20. The molecule has 2 saturated heterocycles. The maximum Gasteiger partial charge on any atom is 0.289 e. The van der Waals surface area contributed by atoms with E-state index in [1.54, 1.807) is 12.1 Å². The molecule has 0 N–H and O–H groups in total. The van der Waals surface area contributed by atoms with Gasteiger partial charge in [0.1, 0.15) is 0 Å². The van der Waals surface area contributed by atoms with Gasteiger partial charge in [0, 0.05) is 31.3 Å². The monoisotopic (exact) mass is 322 g/mol. The zero-order chi connectivity index (χ0) is 15.7. The van der Waals surface area contributed by atoms with Crippen molar-refractivity contribution in [1.82, 2.24) is 9.80 Å². The third-order valence-electron chi connectivity index (χ3n) is 4.50. The average Bonchev–Trinajstić information content (AvgIpc) is 3.16. The molecule has 22 heavy (non-hydrogen) atoms. The number of nitrogens with zero attached hydrogens (tertiary/aromatic N) is 2. The highest BCUT2D eigenvalue weighted by Crippen LogP contribution is 2.44. The van der Waals surface area contributed by atoms with Gasteiger partial charge in [-0.05, 0) is 25.0 Å². The quantitative estimate of drug-likeness (QED) is 0.839. The molecule has 1 aromatic heterocycles. The van der Waals surface area contributed by atoms with Crippen LogP contribution in [0.4, 0.5) is 0 Å². The molecule has 0 unspecified atom stereocenters. The van der Waals surface area contributed by atoms with Crippen LogP contribution in [0, 0.1) is 5.92 Å². The number of piperidine rings is 1. The molecule has 3 heterocycles. The molecule has 3 rings (SSSR count). The van der Waals surface area contributed by atoms with Gasteiger partial charge in [0.2, 0.25) is 5.91 Å². The predicted molar refractivity (Wildman–Crippen MR) is 85.6 cm³/mol. The number of furan rings is 1.